The molecular weight excluding hydrogens is 334 g/mol. The van der Waals surface area contributed by atoms with E-state index in [1.807, 2.05) is 6.92 Å². The van der Waals surface area contributed by atoms with E-state index in [0.717, 1.165) is 5.69 Å². The van der Waals surface area contributed by atoms with E-state index < -0.39 is 0 Å². The average molecular weight is 358 g/mol. The van der Waals surface area contributed by atoms with Gasteiger partial charge in [-0.3, -0.25) is 0 Å². The number of aromatic nitrogens is 2. The highest BCUT2D eigenvalue weighted by Crippen LogP contribution is 2.36. The number of methoxy groups -OCH3 is 1. The van der Waals surface area contributed by atoms with Crippen LogP contribution < -0.4 is 5.73 Å². The number of nitrogen functional groups attached to an aromatic ring is 1. The molecule has 2 rings (SSSR count). The second kappa shape index (κ2) is 8.06. The van der Waals surface area contributed by atoms with Crippen molar-refractivity contribution in [3.8, 4) is 0 Å². The summed E-state index contributed by atoms with van der Waals surface area (Å²) in [6.45, 7) is 3.07. The molecule has 2 N–H and O–H groups in total. The molecule has 5 nitrogen and oxygen atoms in total. The van der Waals surface area contributed by atoms with Gasteiger partial charge >= 0.3 is 0 Å². The maximum absolute atomic E-state index is 6.01. The minimum Gasteiger partial charge on any atom is -0.383 e. The van der Waals surface area contributed by atoms with Gasteiger partial charge < -0.3 is 15.2 Å². The standard InChI is InChI=1S/C15H24BrN3O2/c1-3-21-13(10-7-5-4-6-8-10)15-18-11(9-20-2)12(16)14(17)19-15/h10,13H,3-9H2,1-2H3,(H2,17,18,19). The van der Waals surface area contributed by atoms with Crippen molar-refractivity contribution in [2.45, 2.75) is 51.7 Å². The summed E-state index contributed by atoms with van der Waals surface area (Å²) in [5.41, 5.74) is 6.78. The molecule has 21 heavy (non-hydrogen) atoms. The number of nitrogens with two attached hydrogens (primary N) is 1. The van der Waals surface area contributed by atoms with Gasteiger partial charge in [0.15, 0.2) is 5.82 Å². The Bertz CT molecular complexity index is 464. The third-order valence-electron chi connectivity index (χ3n) is 3.92. The number of nitrogens with zero attached hydrogens (tertiary/aromatic N) is 2. The molecule has 1 unspecified atom stereocenters. The van der Waals surface area contributed by atoms with Crippen LogP contribution in [0, 0.1) is 5.92 Å². The first kappa shape index (κ1) is 16.6. The minimum absolute atomic E-state index is 0.0682. The molecular formula is C15H24BrN3O2. The van der Waals surface area contributed by atoms with E-state index in [1.165, 1.54) is 32.1 Å². The first-order chi connectivity index (χ1) is 10.2. The zero-order valence-corrected chi connectivity index (χ0v) is 14.4. The Morgan fingerprint density at radius 3 is 2.62 bits per heavy atom. The van der Waals surface area contributed by atoms with Crippen molar-refractivity contribution in [3.63, 3.8) is 0 Å². The Balaban J connectivity index is 2.30. The van der Waals surface area contributed by atoms with Crippen LogP contribution in [0.15, 0.2) is 4.47 Å². The third kappa shape index (κ3) is 4.14. The lowest BCUT2D eigenvalue weighted by molar-refractivity contribution is -0.000456. The highest BCUT2D eigenvalue weighted by atomic mass is 79.9. The first-order valence-electron chi connectivity index (χ1n) is 7.59. The fourth-order valence-corrected chi connectivity index (χ4v) is 3.22. The van der Waals surface area contributed by atoms with E-state index in [2.05, 4.69) is 25.9 Å². The van der Waals surface area contributed by atoms with Gasteiger partial charge in [0.05, 0.1) is 16.8 Å². The van der Waals surface area contributed by atoms with E-state index >= 15 is 0 Å². The van der Waals surface area contributed by atoms with Crippen LogP contribution in [0.5, 0.6) is 0 Å². The van der Waals surface area contributed by atoms with Gasteiger partial charge in [-0.2, -0.15) is 0 Å². The number of hydrogen-bond donors (Lipinski definition) is 1. The van der Waals surface area contributed by atoms with Gasteiger partial charge in [-0.15, -0.1) is 0 Å². The van der Waals surface area contributed by atoms with Crippen LogP contribution in [0.4, 0.5) is 5.82 Å². The van der Waals surface area contributed by atoms with Crippen LogP contribution in [-0.2, 0) is 16.1 Å². The highest BCUT2D eigenvalue weighted by Gasteiger charge is 2.29. The second-order valence-corrected chi connectivity index (χ2v) is 6.23. The lowest BCUT2D eigenvalue weighted by Crippen LogP contribution is -2.22. The number of anilines is 1. The summed E-state index contributed by atoms with van der Waals surface area (Å²) in [7, 11) is 1.64. The molecule has 1 aliphatic rings. The molecule has 0 aromatic carbocycles. The van der Waals surface area contributed by atoms with Crippen molar-refractivity contribution < 1.29 is 9.47 Å². The molecule has 0 spiro atoms. The summed E-state index contributed by atoms with van der Waals surface area (Å²) in [6, 6.07) is 0. The number of rotatable bonds is 6. The van der Waals surface area contributed by atoms with Crippen LogP contribution in [0.2, 0.25) is 0 Å². The van der Waals surface area contributed by atoms with Gasteiger partial charge in [-0.25, -0.2) is 9.97 Å². The van der Waals surface area contributed by atoms with E-state index in [0.29, 0.717) is 35.2 Å². The lowest BCUT2D eigenvalue weighted by atomic mass is 9.85. The fourth-order valence-electron chi connectivity index (χ4n) is 2.93. The van der Waals surface area contributed by atoms with Crippen LogP contribution in [0.1, 0.15) is 56.7 Å². The maximum atomic E-state index is 6.01. The molecule has 118 valence electrons. The maximum Gasteiger partial charge on any atom is 0.160 e. The summed E-state index contributed by atoms with van der Waals surface area (Å²) in [4.78, 5) is 9.08. The van der Waals surface area contributed by atoms with Gasteiger partial charge in [0, 0.05) is 13.7 Å². The molecule has 0 aliphatic heterocycles. The number of halogens is 1. The van der Waals surface area contributed by atoms with E-state index in [-0.39, 0.29) is 6.10 Å². The van der Waals surface area contributed by atoms with Gasteiger partial charge in [0.25, 0.3) is 0 Å². The average Bonchev–Trinajstić information content (AvgIpc) is 2.50. The lowest BCUT2D eigenvalue weighted by Gasteiger charge is -2.29. The van der Waals surface area contributed by atoms with Crippen LogP contribution in [-0.4, -0.2) is 23.7 Å². The number of ether oxygens (including phenoxy) is 2. The molecule has 0 amide bonds. The zero-order chi connectivity index (χ0) is 15.2. The first-order valence-corrected chi connectivity index (χ1v) is 8.39. The van der Waals surface area contributed by atoms with Crippen molar-refractivity contribution in [2.24, 2.45) is 5.92 Å². The molecule has 1 heterocycles. The molecule has 0 saturated heterocycles. The fraction of sp³-hybridized carbons (Fsp3) is 0.733. The summed E-state index contributed by atoms with van der Waals surface area (Å²) in [5.74, 6) is 1.62. The van der Waals surface area contributed by atoms with Gasteiger partial charge in [0.1, 0.15) is 11.9 Å². The van der Waals surface area contributed by atoms with Gasteiger partial charge in [0.2, 0.25) is 0 Å². The Morgan fingerprint density at radius 1 is 1.29 bits per heavy atom. The largest absolute Gasteiger partial charge is 0.383 e. The molecule has 1 aromatic rings. The van der Waals surface area contributed by atoms with E-state index in [4.69, 9.17) is 15.2 Å². The molecule has 1 fully saturated rings. The Labute approximate surface area is 134 Å². The second-order valence-electron chi connectivity index (χ2n) is 5.43. The summed E-state index contributed by atoms with van der Waals surface area (Å²) in [5, 5.41) is 0. The van der Waals surface area contributed by atoms with Crippen molar-refractivity contribution in [1.29, 1.82) is 0 Å². The Hall–Kier alpha value is -0.720. The van der Waals surface area contributed by atoms with E-state index in [9.17, 15) is 0 Å². The van der Waals surface area contributed by atoms with E-state index in [1.54, 1.807) is 7.11 Å². The SMILES string of the molecule is CCOC(c1nc(N)c(Br)c(COC)n1)C1CCCCC1. The normalized spacial score (nSPS) is 17.9. The Morgan fingerprint density at radius 2 is 2.00 bits per heavy atom. The van der Waals surface area contributed by atoms with Crippen LogP contribution in [0.25, 0.3) is 0 Å². The molecule has 6 heteroatoms. The number of hydrogen-bond acceptors (Lipinski definition) is 5. The predicted molar refractivity (Wildman–Crippen MR) is 85.8 cm³/mol. The highest BCUT2D eigenvalue weighted by molar-refractivity contribution is 9.10. The molecule has 0 radical (unpaired) electrons. The molecule has 1 atom stereocenters. The van der Waals surface area contributed by atoms with Gasteiger partial charge in [-0.1, -0.05) is 19.3 Å². The molecule has 1 saturated carbocycles. The van der Waals surface area contributed by atoms with Gasteiger partial charge in [-0.05, 0) is 41.6 Å². The van der Waals surface area contributed by atoms with Crippen molar-refractivity contribution in [1.82, 2.24) is 9.97 Å². The van der Waals surface area contributed by atoms with Crippen molar-refractivity contribution in [2.75, 3.05) is 19.5 Å². The summed E-state index contributed by atoms with van der Waals surface area (Å²) < 4.78 is 11.9. The zero-order valence-electron chi connectivity index (χ0n) is 12.8. The Kier molecular flexibility index (Phi) is 6.39. The molecule has 1 aliphatic carbocycles. The summed E-state index contributed by atoms with van der Waals surface area (Å²) in [6.07, 6.45) is 6.10. The summed E-state index contributed by atoms with van der Waals surface area (Å²) >= 11 is 3.43. The smallest absolute Gasteiger partial charge is 0.160 e. The molecule has 1 aromatic heterocycles. The minimum atomic E-state index is -0.0682. The van der Waals surface area contributed by atoms with Crippen molar-refractivity contribution in [3.05, 3.63) is 16.0 Å². The monoisotopic (exact) mass is 357 g/mol. The quantitative estimate of drug-likeness (QED) is 0.841. The third-order valence-corrected chi connectivity index (χ3v) is 4.79. The van der Waals surface area contributed by atoms with Crippen LogP contribution >= 0.6 is 15.9 Å². The van der Waals surface area contributed by atoms with Crippen molar-refractivity contribution >= 4 is 21.7 Å². The predicted octanol–water partition coefficient (Wildman–Crippen LogP) is 3.63. The molecule has 0 bridgehead atoms. The topological polar surface area (TPSA) is 70.3 Å². The van der Waals surface area contributed by atoms with Crippen LogP contribution in [0.3, 0.4) is 0 Å².